The van der Waals surface area contributed by atoms with Gasteiger partial charge < -0.3 is 5.73 Å². The highest BCUT2D eigenvalue weighted by molar-refractivity contribution is 6.28. The summed E-state index contributed by atoms with van der Waals surface area (Å²) in [6.45, 7) is 2.58. The number of para-hydroxylation sites is 1. The lowest BCUT2D eigenvalue weighted by Gasteiger charge is -2.06. The smallest absolute Gasteiger partial charge is 0.223 e. The van der Waals surface area contributed by atoms with Gasteiger partial charge in [-0.25, -0.2) is 9.97 Å². The van der Waals surface area contributed by atoms with E-state index in [1.165, 1.54) is 0 Å². The molecule has 0 radical (unpaired) electrons. The zero-order valence-corrected chi connectivity index (χ0v) is 9.25. The van der Waals surface area contributed by atoms with Crippen molar-refractivity contribution in [2.75, 3.05) is 6.54 Å². The third kappa shape index (κ3) is 1.94. The molecule has 1 aromatic carbocycles. The highest BCUT2D eigenvalue weighted by Crippen LogP contribution is 2.20. The summed E-state index contributed by atoms with van der Waals surface area (Å²) >= 11 is 5.87. The molecule has 0 fully saturated rings. The molecular formula is C11H12ClN3. The van der Waals surface area contributed by atoms with Crippen LogP contribution in [-0.4, -0.2) is 16.5 Å². The number of hydrogen-bond acceptors (Lipinski definition) is 3. The normalized spacial score (nSPS) is 10.9. The fourth-order valence-corrected chi connectivity index (χ4v) is 1.84. The van der Waals surface area contributed by atoms with Gasteiger partial charge in [0.05, 0.1) is 11.2 Å². The monoisotopic (exact) mass is 221 g/mol. The number of nitrogens with zero attached hydrogens (tertiary/aromatic N) is 2. The highest BCUT2D eigenvalue weighted by atomic mass is 35.5. The number of nitrogens with two attached hydrogens (primary N) is 1. The van der Waals surface area contributed by atoms with E-state index in [0.29, 0.717) is 11.8 Å². The third-order valence-corrected chi connectivity index (χ3v) is 2.53. The van der Waals surface area contributed by atoms with E-state index in [9.17, 15) is 0 Å². The van der Waals surface area contributed by atoms with Gasteiger partial charge in [-0.3, -0.25) is 0 Å². The summed E-state index contributed by atoms with van der Waals surface area (Å²) in [5, 5.41) is 1.34. The number of aryl methyl sites for hydroxylation is 1. The molecule has 78 valence electrons. The Bertz CT molecular complexity index is 496. The van der Waals surface area contributed by atoms with Crippen LogP contribution in [0.4, 0.5) is 0 Å². The fourth-order valence-electron chi connectivity index (χ4n) is 1.66. The standard InChI is InChI=1S/C11H12ClN3/c1-7-3-2-4-8-9(5-6-13)14-11(12)15-10(7)8/h2-4H,5-6,13H2,1H3. The Kier molecular flexibility index (Phi) is 2.84. The molecule has 0 bridgehead atoms. The van der Waals surface area contributed by atoms with Gasteiger partial charge in [0.1, 0.15) is 0 Å². The minimum Gasteiger partial charge on any atom is -0.330 e. The van der Waals surface area contributed by atoms with Gasteiger partial charge in [0, 0.05) is 11.8 Å². The second-order valence-corrected chi connectivity index (χ2v) is 3.79. The average Bonchev–Trinajstić information content (AvgIpc) is 2.20. The van der Waals surface area contributed by atoms with Gasteiger partial charge in [-0.05, 0) is 30.6 Å². The van der Waals surface area contributed by atoms with Crippen LogP contribution in [0.3, 0.4) is 0 Å². The van der Waals surface area contributed by atoms with Crippen LogP contribution in [0.25, 0.3) is 10.9 Å². The molecule has 0 saturated heterocycles. The molecule has 0 atom stereocenters. The van der Waals surface area contributed by atoms with Gasteiger partial charge in [-0.1, -0.05) is 18.2 Å². The molecule has 0 aliphatic carbocycles. The van der Waals surface area contributed by atoms with Gasteiger partial charge in [0.25, 0.3) is 0 Å². The minimum atomic E-state index is 0.292. The molecule has 1 aromatic heterocycles. The van der Waals surface area contributed by atoms with E-state index >= 15 is 0 Å². The van der Waals surface area contributed by atoms with Crippen LogP contribution in [0.2, 0.25) is 5.28 Å². The summed E-state index contributed by atoms with van der Waals surface area (Å²) in [7, 11) is 0. The lowest BCUT2D eigenvalue weighted by Crippen LogP contribution is -2.06. The van der Waals surface area contributed by atoms with E-state index in [4.69, 9.17) is 17.3 Å². The Morgan fingerprint density at radius 3 is 2.87 bits per heavy atom. The van der Waals surface area contributed by atoms with Crippen LogP contribution in [0.5, 0.6) is 0 Å². The summed E-state index contributed by atoms with van der Waals surface area (Å²) in [4.78, 5) is 8.44. The number of fused-ring (bicyclic) bond motifs is 1. The van der Waals surface area contributed by atoms with Crippen LogP contribution in [0, 0.1) is 6.92 Å². The molecule has 0 amide bonds. The highest BCUT2D eigenvalue weighted by Gasteiger charge is 2.07. The molecule has 0 unspecified atom stereocenters. The molecule has 2 N–H and O–H groups in total. The minimum absolute atomic E-state index is 0.292. The van der Waals surface area contributed by atoms with E-state index in [1.54, 1.807) is 0 Å². The lowest BCUT2D eigenvalue weighted by molar-refractivity contribution is 0.926. The molecule has 0 aliphatic heterocycles. The van der Waals surface area contributed by atoms with Gasteiger partial charge >= 0.3 is 0 Å². The van der Waals surface area contributed by atoms with Crippen molar-refractivity contribution in [2.45, 2.75) is 13.3 Å². The second kappa shape index (κ2) is 4.13. The molecular weight excluding hydrogens is 210 g/mol. The number of rotatable bonds is 2. The van der Waals surface area contributed by atoms with Crippen molar-refractivity contribution in [3.8, 4) is 0 Å². The van der Waals surface area contributed by atoms with Crippen molar-refractivity contribution in [2.24, 2.45) is 5.73 Å². The Labute approximate surface area is 93.3 Å². The van der Waals surface area contributed by atoms with Crippen molar-refractivity contribution in [3.63, 3.8) is 0 Å². The molecule has 4 heteroatoms. The van der Waals surface area contributed by atoms with Gasteiger partial charge in [-0.2, -0.15) is 0 Å². The maximum atomic E-state index is 5.87. The maximum Gasteiger partial charge on any atom is 0.223 e. The largest absolute Gasteiger partial charge is 0.330 e. The third-order valence-electron chi connectivity index (χ3n) is 2.36. The fraction of sp³-hybridized carbons (Fsp3) is 0.273. The van der Waals surface area contributed by atoms with Crippen LogP contribution in [0.1, 0.15) is 11.3 Å². The first-order chi connectivity index (χ1) is 7.22. The van der Waals surface area contributed by atoms with Crippen molar-refractivity contribution in [1.82, 2.24) is 9.97 Å². The number of halogens is 1. The molecule has 1 heterocycles. The van der Waals surface area contributed by atoms with Crippen LogP contribution >= 0.6 is 11.6 Å². The zero-order valence-electron chi connectivity index (χ0n) is 8.50. The first-order valence-electron chi connectivity index (χ1n) is 4.84. The summed E-state index contributed by atoms with van der Waals surface area (Å²) in [5.74, 6) is 0. The summed E-state index contributed by atoms with van der Waals surface area (Å²) < 4.78 is 0. The predicted octanol–water partition coefficient (Wildman–Crippen LogP) is 2.09. The van der Waals surface area contributed by atoms with Crippen molar-refractivity contribution in [3.05, 3.63) is 34.7 Å². The van der Waals surface area contributed by atoms with E-state index in [0.717, 1.165) is 28.6 Å². The molecule has 3 nitrogen and oxygen atoms in total. The molecule has 0 aliphatic rings. The SMILES string of the molecule is Cc1cccc2c(CCN)nc(Cl)nc12. The lowest BCUT2D eigenvalue weighted by atomic mass is 10.1. The van der Waals surface area contributed by atoms with Gasteiger partial charge in [-0.15, -0.1) is 0 Å². The number of benzene rings is 1. The first-order valence-corrected chi connectivity index (χ1v) is 5.22. The zero-order chi connectivity index (χ0) is 10.8. The summed E-state index contributed by atoms with van der Waals surface area (Å²) in [6, 6.07) is 6.01. The Morgan fingerprint density at radius 1 is 1.33 bits per heavy atom. The van der Waals surface area contributed by atoms with E-state index in [-0.39, 0.29) is 0 Å². The summed E-state index contributed by atoms with van der Waals surface area (Å²) in [5.41, 5.74) is 8.49. The molecule has 15 heavy (non-hydrogen) atoms. The average molecular weight is 222 g/mol. The molecule has 0 spiro atoms. The molecule has 2 rings (SSSR count). The first kappa shape index (κ1) is 10.3. The van der Waals surface area contributed by atoms with Crippen LogP contribution < -0.4 is 5.73 Å². The van der Waals surface area contributed by atoms with Gasteiger partial charge in [0.2, 0.25) is 5.28 Å². The van der Waals surface area contributed by atoms with Gasteiger partial charge in [0.15, 0.2) is 0 Å². The Morgan fingerprint density at radius 2 is 2.13 bits per heavy atom. The van der Waals surface area contributed by atoms with E-state index in [2.05, 4.69) is 9.97 Å². The van der Waals surface area contributed by atoms with Crippen molar-refractivity contribution < 1.29 is 0 Å². The predicted molar refractivity (Wildman–Crippen MR) is 62.0 cm³/mol. The number of hydrogen-bond donors (Lipinski definition) is 1. The van der Waals surface area contributed by atoms with Crippen LogP contribution in [0.15, 0.2) is 18.2 Å². The number of aromatic nitrogens is 2. The van der Waals surface area contributed by atoms with Crippen molar-refractivity contribution in [1.29, 1.82) is 0 Å². The van der Waals surface area contributed by atoms with Crippen molar-refractivity contribution >= 4 is 22.5 Å². The molecule has 2 aromatic rings. The second-order valence-electron chi connectivity index (χ2n) is 3.45. The quantitative estimate of drug-likeness (QED) is 0.791. The topological polar surface area (TPSA) is 51.8 Å². The Hall–Kier alpha value is -1.19. The Balaban J connectivity index is 2.74. The summed E-state index contributed by atoms with van der Waals surface area (Å²) in [6.07, 6.45) is 0.724. The van der Waals surface area contributed by atoms with E-state index < -0.39 is 0 Å². The van der Waals surface area contributed by atoms with Crippen LogP contribution in [-0.2, 0) is 6.42 Å². The molecule has 0 saturated carbocycles. The van der Waals surface area contributed by atoms with E-state index in [1.807, 2.05) is 25.1 Å². The maximum absolute atomic E-state index is 5.87.